The zero-order valence-corrected chi connectivity index (χ0v) is 19.1. The summed E-state index contributed by atoms with van der Waals surface area (Å²) in [4.78, 5) is 25.6. The fourth-order valence-electron chi connectivity index (χ4n) is 3.79. The fourth-order valence-corrected chi connectivity index (χ4v) is 3.98. The third-order valence-corrected chi connectivity index (χ3v) is 5.51. The number of rotatable bonds is 8. The monoisotopic (exact) mass is 470 g/mol. The van der Waals surface area contributed by atoms with Crippen LogP contribution in [0.25, 0.3) is 11.1 Å². The molecule has 1 aromatic heterocycles. The average molecular weight is 471 g/mol. The number of hydrogen-bond acceptors (Lipinski definition) is 6. The molecule has 0 bridgehead atoms. The molecule has 0 saturated heterocycles. The molecule has 0 fully saturated rings. The first-order chi connectivity index (χ1) is 15.9. The molecule has 2 heterocycles. The summed E-state index contributed by atoms with van der Waals surface area (Å²) >= 11 is 6.17. The number of aromatic nitrogens is 2. The Bertz CT molecular complexity index is 1210. The van der Waals surface area contributed by atoms with E-state index in [0.717, 1.165) is 5.56 Å². The Balaban J connectivity index is 1.62. The lowest BCUT2D eigenvalue weighted by atomic mass is 10.1. The zero-order chi connectivity index (χ0) is 23.5. The minimum atomic E-state index is -0.819. The molecule has 1 atom stereocenters. The van der Waals surface area contributed by atoms with Crippen molar-refractivity contribution in [3.8, 4) is 22.6 Å². The Morgan fingerprint density at radius 1 is 1.18 bits per heavy atom. The fraction of sp³-hybridized carbons (Fsp3) is 0.261. The van der Waals surface area contributed by atoms with Gasteiger partial charge in [-0.25, -0.2) is 4.68 Å². The molecule has 2 amide bonds. The van der Waals surface area contributed by atoms with E-state index in [4.69, 9.17) is 25.8 Å². The smallest absolute Gasteiger partial charge is 0.251 e. The van der Waals surface area contributed by atoms with Crippen LogP contribution in [0.3, 0.4) is 0 Å². The van der Waals surface area contributed by atoms with Gasteiger partial charge in [0.2, 0.25) is 5.91 Å². The van der Waals surface area contributed by atoms with E-state index in [1.54, 1.807) is 37.4 Å². The molecule has 2 N–H and O–H groups in total. The third-order valence-electron chi connectivity index (χ3n) is 5.28. The van der Waals surface area contributed by atoms with E-state index in [9.17, 15) is 9.59 Å². The molecular formula is C23H23ClN4O5. The highest BCUT2D eigenvalue weighted by molar-refractivity contribution is 6.30. The van der Waals surface area contributed by atoms with Gasteiger partial charge >= 0.3 is 0 Å². The maximum atomic E-state index is 12.9. The Morgan fingerprint density at radius 3 is 2.70 bits per heavy atom. The van der Waals surface area contributed by atoms with Gasteiger partial charge in [0.1, 0.15) is 23.4 Å². The molecule has 9 nitrogen and oxygen atoms in total. The van der Waals surface area contributed by atoms with Gasteiger partial charge in [-0.3, -0.25) is 9.59 Å². The number of nitrogens with zero attached hydrogens (tertiary/aromatic N) is 2. The first-order valence-corrected chi connectivity index (χ1v) is 10.5. The van der Waals surface area contributed by atoms with Crippen LogP contribution in [0.4, 0.5) is 11.5 Å². The first kappa shape index (κ1) is 22.6. The molecule has 172 valence electrons. The van der Waals surface area contributed by atoms with Crippen molar-refractivity contribution in [2.45, 2.75) is 19.1 Å². The predicted octanol–water partition coefficient (Wildman–Crippen LogP) is 3.89. The number of halogens is 1. The summed E-state index contributed by atoms with van der Waals surface area (Å²) in [6.45, 7) is 0.234. The molecule has 0 aliphatic carbocycles. The Labute approximate surface area is 195 Å². The lowest BCUT2D eigenvalue weighted by Crippen LogP contribution is -2.24. The number of nitrogens with one attached hydrogen (secondary N) is 2. The quantitative estimate of drug-likeness (QED) is 0.517. The highest BCUT2D eigenvalue weighted by Gasteiger charge is 2.37. The molecule has 0 radical (unpaired) electrons. The second kappa shape index (κ2) is 9.51. The lowest BCUT2D eigenvalue weighted by molar-refractivity contribution is -0.123. The molecule has 2 aromatic carbocycles. The molecule has 0 saturated carbocycles. The van der Waals surface area contributed by atoms with Crippen molar-refractivity contribution in [3.63, 3.8) is 0 Å². The number of methoxy groups -OCH3 is 3. The number of fused-ring (bicyclic) bond motifs is 1. The summed E-state index contributed by atoms with van der Waals surface area (Å²) < 4.78 is 17.4. The standard InChI is InChI=1S/C23H23ClN4O5/c1-31-12-17-21(13-5-4-6-14(24)9-13)22-26-23(30)18(28(22)27-17)11-20(29)25-16-10-15(32-2)7-8-19(16)33-3/h4-10,18H,11-12H2,1-3H3,(H,25,29)(H,26,30). The van der Waals surface area contributed by atoms with Crippen molar-refractivity contribution in [1.82, 2.24) is 9.78 Å². The number of benzene rings is 2. The highest BCUT2D eigenvalue weighted by atomic mass is 35.5. The minimum Gasteiger partial charge on any atom is -0.497 e. The number of anilines is 2. The summed E-state index contributed by atoms with van der Waals surface area (Å²) in [5.74, 6) is 0.853. The maximum Gasteiger partial charge on any atom is 0.251 e. The topological polar surface area (TPSA) is 104 Å². The van der Waals surface area contributed by atoms with Crippen LogP contribution < -0.4 is 20.1 Å². The Hall–Kier alpha value is -3.56. The highest BCUT2D eigenvalue weighted by Crippen LogP contribution is 2.39. The van der Waals surface area contributed by atoms with Crippen LogP contribution >= 0.6 is 11.6 Å². The van der Waals surface area contributed by atoms with Crippen LogP contribution in [0.1, 0.15) is 18.2 Å². The van der Waals surface area contributed by atoms with Crippen molar-refractivity contribution in [1.29, 1.82) is 0 Å². The van der Waals surface area contributed by atoms with E-state index in [0.29, 0.717) is 39.3 Å². The number of carbonyl (C=O) groups is 2. The molecular weight excluding hydrogens is 448 g/mol. The summed E-state index contributed by atoms with van der Waals surface area (Å²) in [5.41, 5.74) is 2.59. The molecule has 33 heavy (non-hydrogen) atoms. The number of hydrogen-bond donors (Lipinski definition) is 2. The van der Waals surface area contributed by atoms with Gasteiger partial charge in [0.25, 0.3) is 5.91 Å². The van der Waals surface area contributed by atoms with Gasteiger partial charge in [0.15, 0.2) is 0 Å². The number of amides is 2. The average Bonchev–Trinajstić information content (AvgIpc) is 3.28. The Morgan fingerprint density at radius 2 is 2.00 bits per heavy atom. The van der Waals surface area contributed by atoms with Gasteiger partial charge in [-0.2, -0.15) is 5.10 Å². The van der Waals surface area contributed by atoms with Crippen molar-refractivity contribution in [2.75, 3.05) is 32.0 Å². The van der Waals surface area contributed by atoms with Crippen LogP contribution in [0.15, 0.2) is 42.5 Å². The van der Waals surface area contributed by atoms with Gasteiger partial charge < -0.3 is 24.8 Å². The molecule has 3 aromatic rings. The molecule has 10 heteroatoms. The predicted molar refractivity (Wildman–Crippen MR) is 124 cm³/mol. The number of carbonyl (C=O) groups excluding carboxylic acids is 2. The minimum absolute atomic E-state index is 0.123. The molecule has 1 aliphatic rings. The van der Waals surface area contributed by atoms with Crippen LogP contribution in [-0.2, 0) is 20.9 Å². The van der Waals surface area contributed by atoms with Crippen molar-refractivity contribution in [3.05, 3.63) is 53.2 Å². The van der Waals surface area contributed by atoms with E-state index in [1.807, 2.05) is 12.1 Å². The van der Waals surface area contributed by atoms with Gasteiger partial charge in [0, 0.05) is 23.8 Å². The van der Waals surface area contributed by atoms with Crippen molar-refractivity contribution < 1.29 is 23.8 Å². The maximum absolute atomic E-state index is 12.9. The normalized spacial score (nSPS) is 14.5. The largest absolute Gasteiger partial charge is 0.497 e. The van der Waals surface area contributed by atoms with E-state index < -0.39 is 6.04 Å². The SMILES string of the molecule is COCc1nn2c(c1-c1cccc(Cl)c1)NC(=O)C2CC(=O)Nc1cc(OC)ccc1OC. The second-order valence-electron chi connectivity index (χ2n) is 7.38. The summed E-state index contributed by atoms with van der Waals surface area (Å²) in [7, 11) is 4.61. The van der Waals surface area contributed by atoms with Gasteiger partial charge in [-0.15, -0.1) is 0 Å². The van der Waals surface area contributed by atoms with Gasteiger partial charge in [-0.05, 0) is 29.8 Å². The number of ether oxygens (including phenoxy) is 3. The van der Waals surface area contributed by atoms with Crippen molar-refractivity contribution in [2.24, 2.45) is 0 Å². The van der Waals surface area contributed by atoms with Crippen LogP contribution in [0, 0.1) is 0 Å². The van der Waals surface area contributed by atoms with E-state index >= 15 is 0 Å². The van der Waals surface area contributed by atoms with Gasteiger partial charge in [0.05, 0.1) is 38.6 Å². The van der Waals surface area contributed by atoms with E-state index in [1.165, 1.54) is 18.9 Å². The summed E-state index contributed by atoms with van der Waals surface area (Å²) in [5, 5.41) is 10.8. The van der Waals surface area contributed by atoms with Crippen molar-refractivity contribution >= 4 is 34.9 Å². The molecule has 0 spiro atoms. The van der Waals surface area contributed by atoms with Crippen LogP contribution in [-0.4, -0.2) is 42.9 Å². The second-order valence-corrected chi connectivity index (χ2v) is 7.82. The Kier molecular flexibility index (Phi) is 6.52. The van der Waals surface area contributed by atoms with Crippen LogP contribution in [0.2, 0.25) is 5.02 Å². The summed E-state index contributed by atoms with van der Waals surface area (Å²) in [6, 6.07) is 11.5. The zero-order valence-electron chi connectivity index (χ0n) is 18.3. The molecule has 4 rings (SSSR count). The van der Waals surface area contributed by atoms with E-state index in [2.05, 4.69) is 15.7 Å². The first-order valence-electron chi connectivity index (χ1n) is 10.1. The third kappa shape index (κ3) is 4.50. The molecule has 1 unspecified atom stereocenters. The van der Waals surface area contributed by atoms with Crippen LogP contribution in [0.5, 0.6) is 11.5 Å². The van der Waals surface area contributed by atoms with Gasteiger partial charge in [-0.1, -0.05) is 23.7 Å². The van der Waals surface area contributed by atoms with E-state index in [-0.39, 0.29) is 24.8 Å². The summed E-state index contributed by atoms with van der Waals surface area (Å²) in [6.07, 6.45) is -0.123. The molecule has 1 aliphatic heterocycles. The lowest BCUT2D eigenvalue weighted by Gasteiger charge is -2.13.